The largest absolute Gasteiger partial charge is 0.459 e. The van der Waals surface area contributed by atoms with Crippen LogP contribution in [0, 0.1) is 0 Å². The molecule has 0 aliphatic carbocycles. The highest BCUT2D eigenvalue weighted by atomic mass is 32.2. The lowest BCUT2D eigenvalue weighted by Gasteiger charge is -1.99. The third-order valence-electron chi connectivity index (χ3n) is 0.961. The third-order valence-corrected chi connectivity index (χ3v) is 1.64. The van der Waals surface area contributed by atoms with E-state index >= 15 is 0 Å². The molecule has 0 aromatic carbocycles. The molecule has 0 rings (SSSR count). The summed E-state index contributed by atoms with van der Waals surface area (Å²) in [6.45, 7) is 2.46. The van der Waals surface area contributed by atoms with Gasteiger partial charge in [-0.15, -0.1) is 0 Å². The normalized spacial score (nSPS) is 10.5. The number of hydrogen-bond donors (Lipinski definition) is 1. The quantitative estimate of drug-likeness (QED) is 0.274. The molecule has 13 heavy (non-hydrogen) atoms. The highest BCUT2D eigenvalue weighted by Crippen LogP contribution is 1.86. The van der Waals surface area contributed by atoms with E-state index in [1.807, 2.05) is 0 Å². The topological polar surface area (TPSA) is 97.7 Å². The highest BCUT2D eigenvalue weighted by molar-refractivity contribution is 7.85. The Kier molecular flexibility index (Phi) is 4.29. The van der Waals surface area contributed by atoms with Crippen LogP contribution in [0.5, 0.6) is 0 Å². The van der Waals surface area contributed by atoms with Crippen molar-refractivity contribution in [2.24, 2.45) is 0 Å². The molecular weight excluding hydrogens is 200 g/mol. The zero-order chi connectivity index (χ0) is 10.5. The van der Waals surface area contributed by atoms with Crippen molar-refractivity contribution in [3.8, 4) is 0 Å². The predicted octanol–water partition coefficient (Wildman–Crippen LogP) is -0.827. The molecule has 0 bridgehead atoms. The van der Waals surface area contributed by atoms with Crippen LogP contribution in [0.15, 0.2) is 12.7 Å². The molecule has 0 spiro atoms. The minimum absolute atomic E-state index is 0.558. The summed E-state index contributed by atoms with van der Waals surface area (Å²) < 4.78 is 32.6. The Balaban J connectivity index is 3.86. The smallest absolute Gasteiger partial charge is 0.379 e. The van der Waals surface area contributed by atoms with E-state index in [1.165, 1.54) is 0 Å². The second-order valence-corrected chi connectivity index (χ2v) is 3.56. The summed E-state index contributed by atoms with van der Waals surface area (Å²) in [6.07, 6.45) is 0.746. The van der Waals surface area contributed by atoms with Gasteiger partial charge in [0.2, 0.25) is 0 Å². The van der Waals surface area contributed by atoms with Crippen molar-refractivity contribution in [2.75, 3.05) is 12.4 Å². The van der Waals surface area contributed by atoms with Gasteiger partial charge in [-0.1, -0.05) is 6.58 Å². The second kappa shape index (κ2) is 4.73. The molecule has 0 amide bonds. The van der Waals surface area contributed by atoms with Gasteiger partial charge in [-0.2, -0.15) is 8.42 Å². The van der Waals surface area contributed by atoms with Crippen LogP contribution in [0.3, 0.4) is 0 Å². The summed E-state index contributed by atoms with van der Waals surface area (Å²) >= 11 is 0. The van der Waals surface area contributed by atoms with Crippen molar-refractivity contribution >= 4 is 21.9 Å². The van der Waals surface area contributed by atoms with Gasteiger partial charge in [-0.05, 0) is 6.08 Å². The summed E-state index contributed by atoms with van der Waals surface area (Å²) in [5.41, 5.74) is 0. The molecule has 7 heteroatoms. The Morgan fingerprint density at radius 1 is 1.46 bits per heavy atom. The van der Waals surface area contributed by atoms with Crippen LogP contribution in [0.25, 0.3) is 0 Å². The van der Waals surface area contributed by atoms with E-state index in [1.54, 1.807) is 0 Å². The summed E-state index contributed by atoms with van der Waals surface area (Å²) in [4.78, 5) is 21.0. The second-order valence-electron chi connectivity index (χ2n) is 1.99. The van der Waals surface area contributed by atoms with Crippen molar-refractivity contribution in [1.29, 1.82) is 0 Å². The number of ether oxygens (including phenoxy) is 1. The summed E-state index contributed by atoms with van der Waals surface area (Å²) in [6, 6.07) is 0. The van der Waals surface area contributed by atoms with Crippen LogP contribution in [0.4, 0.5) is 0 Å². The summed E-state index contributed by atoms with van der Waals surface area (Å²) in [7, 11) is -4.17. The Bertz CT molecular complexity index is 314. The molecule has 0 aliphatic heterocycles. The number of ketones is 1. The SMILES string of the molecule is C=CC(=O)C(=O)OCCS(=O)(=O)O. The van der Waals surface area contributed by atoms with Gasteiger partial charge in [0.25, 0.3) is 15.9 Å². The van der Waals surface area contributed by atoms with Crippen LogP contribution >= 0.6 is 0 Å². The van der Waals surface area contributed by atoms with Crippen molar-refractivity contribution in [2.45, 2.75) is 0 Å². The van der Waals surface area contributed by atoms with Gasteiger partial charge in [-0.3, -0.25) is 9.35 Å². The first-order valence-electron chi connectivity index (χ1n) is 3.15. The first kappa shape index (κ1) is 11.8. The lowest BCUT2D eigenvalue weighted by atomic mass is 10.4. The minimum atomic E-state index is -4.17. The molecule has 0 saturated carbocycles. The van der Waals surface area contributed by atoms with Gasteiger partial charge in [0.1, 0.15) is 12.4 Å². The molecule has 0 aromatic rings. The van der Waals surface area contributed by atoms with Crippen molar-refractivity contribution in [3.05, 3.63) is 12.7 Å². The number of carbonyl (C=O) groups excluding carboxylic acids is 2. The van der Waals surface area contributed by atoms with E-state index in [-0.39, 0.29) is 0 Å². The van der Waals surface area contributed by atoms with Gasteiger partial charge in [0.15, 0.2) is 0 Å². The Labute approximate surface area is 74.9 Å². The third kappa shape index (κ3) is 6.00. The fourth-order valence-corrected chi connectivity index (χ4v) is 0.688. The van der Waals surface area contributed by atoms with E-state index < -0.39 is 34.2 Å². The Morgan fingerprint density at radius 3 is 2.38 bits per heavy atom. The maximum atomic E-state index is 10.5. The Hall–Kier alpha value is -1.21. The van der Waals surface area contributed by atoms with Crippen molar-refractivity contribution in [3.63, 3.8) is 0 Å². The van der Waals surface area contributed by atoms with Crippen LogP contribution < -0.4 is 0 Å². The lowest BCUT2D eigenvalue weighted by Crippen LogP contribution is -2.19. The van der Waals surface area contributed by atoms with E-state index in [0.29, 0.717) is 0 Å². The average Bonchev–Trinajstić information content (AvgIpc) is 2.00. The fraction of sp³-hybridized carbons (Fsp3) is 0.333. The van der Waals surface area contributed by atoms with Gasteiger partial charge >= 0.3 is 5.97 Å². The Morgan fingerprint density at radius 2 is 2.00 bits per heavy atom. The number of hydrogen-bond acceptors (Lipinski definition) is 5. The number of esters is 1. The monoisotopic (exact) mass is 208 g/mol. The standard InChI is InChI=1S/C6H8O6S/c1-2-5(7)6(8)12-3-4-13(9,10)11/h2H,1,3-4H2,(H,9,10,11). The van der Waals surface area contributed by atoms with Gasteiger partial charge < -0.3 is 4.74 Å². The van der Waals surface area contributed by atoms with E-state index in [4.69, 9.17) is 4.55 Å². The minimum Gasteiger partial charge on any atom is -0.459 e. The van der Waals surface area contributed by atoms with Crippen molar-refractivity contribution < 1.29 is 27.3 Å². The van der Waals surface area contributed by atoms with Crippen LogP contribution in [-0.2, 0) is 24.4 Å². The maximum absolute atomic E-state index is 10.5. The summed E-state index contributed by atoms with van der Waals surface area (Å²) in [5, 5.41) is 0. The van der Waals surface area contributed by atoms with Crippen molar-refractivity contribution in [1.82, 2.24) is 0 Å². The molecule has 1 N–H and O–H groups in total. The summed E-state index contributed by atoms with van der Waals surface area (Å²) in [5.74, 6) is -2.89. The molecule has 0 unspecified atom stereocenters. The van der Waals surface area contributed by atoms with E-state index in [2.05, 4.69) is 11.3 Å². The molecular formula is C6H8O6S. The first-order valence-corrected chi connectivity index (χ1v) is 4.76. The molecule has 0 atom stereocenters. The molecule has 0 aromatic heterocycles. The zero-order valence-corrected chi connectivity index (χ0v) is 7.41. The fourth-order valence-electron chi connectivity index (χ4n) is 0.394. The van der Waals surface area contributed by atoms with E-state index in [9.17, 15) is 18.0 Å². The number of carbonyl (C=O) groups is 2. The zero-order valence-electron chi connectivity index (χ0n) is 6.60. The molecule has 0 fully saturated rings. The van der Waals surface area contributed by atoms with Gasteiger partial charge in [-0.25, -0.2) is 4.79 Å². The molecule has 74 valence electrons. The van der Waals surface area contributed by atoms with Crippen LogP contribution in [-0.4, -0.2) is 37.1 Å². The van der Waals surface area contributed by atoms with Gasteiger partial charge in [0, 0.05) is 0 Å². The molecule has 0 saturated heterocycles. The molecule has 0 radical (unpaired) electrons. The van der Waals surface area contributed by atoms with Crippen LogP contribution in [0.1, 0.15) is 0 Å². The van der Waals surface area contributed by atoms with Gasteiger partial charge in [0.05, 0.1) is 0 Å². The predicted molar refractivity (Wildman–Crippen MR) is 42.6 cm³/mol. The molecule has 0 heterocycles. The average molecular weight is 208 g/mol. The lowest BCUT2D eigenvalue weighted by molar-refractivity contribution is -0.151. The van der Waals surface area contributed by atoms with Crippen LogP contribution in [0.2, 0.25) is 0 Å². The first-order chi connectivity index (χ1) is 5.87. The maximum Gasteiger partial charge on any atom is 0.379 e. The molecule has 0 aliphatic rings. The highest BCUT2D eigenvalue weighted by Gasteiger charge is 2.12. The van der Waals surface area contributed by atoms with E-state index in [0.717, 1.165) is 6.08 Å². The number of rotatable bonds is 5. The molecule has 6 nitrogen and oxygen atoms in total.